The van der Waals surface area contributed by atoms with Crippen LogP contribution in [0.1, 0.15) is 16.7 Å². The molecule has 20 heavy (non-hydrogen) atoms. The molecule has 0 amide bonds. The zero-order chi connectivity index (χ0) is 14.8. The van der Waals surface area contributed by atoms with Gasteiger partial charge in [0.15, 0.2) is 0 Å². The van der Waals surface area contributed by atoms with Gasteiger partial charge in [0.25, 0.3) is 10.1 Å². The van der Waals surface area contributed by atoms with E-state index in [9.17, 15) is 12.8 Å². The van der Waals surface area contributed by atoms with Crippen LogP contribution in [-0.2, 0) is 20.9 Å². The Labute approximate surface area is 118 Å². The van der Waals surface area contributed by atoms with E-state index in [4.69, 9.17) is 4.18 Å². The normalized spacial score (nSPS) is 11.6. The highest BCUT2D eigenvalue weighted by Gasteiger charge is 2.16. The minimum Gasteiger partial charge on any atom is -0.261 e. The molecule has 2 aromatic rings. The van der Waals surface area contributed by atoms with Gasteiger partial charge in [-0.1, -0.05) is 35.4 Å². The summed E-state index contributed by atoms with van der Waals surface area (Å²) in [5.41, 5.74) is 2.02. The van der Waals surface area contributed by atoms with Crippen molar-refractivity contribution in [3.05, 3.63) is 65.0 Å². The second-order valence-electron chi connectivity index (χ2n) is 4.62. The van der Waals surface area contributed by atoms with E-state index in [-0.39, 0.29) is 17.1 Å². The number of hydrogen-bond acceptors (Lipinski definition) is 3. The number of rotatable bonds is 4. The van der Waals surface area contributed by atoms with Crippen molar-refractivity contribution < 1.29 is 17.0 Å². The zero-order valence-corrected chi connectivity index (χ0v) is 12.1. The Bertz CT molecular complexity index is 706. The maximum absolute atomic E-state index is 13.5. The summed E-state index contributed by atoms with van der Waals surface area (Å²) in [6.45, 7) is 3.35. The van der Waals surface area contributed by atoms with E-state index >= 15 is 0 Å². The van der Waals surface area contributed by atoms with Gasteiger partial charge in [-0.3, -0.25) is 4.18 Å². The Balaban J connectivity index is 2.17. The third kappa shape index (κ3) is 3.43. The Morgan fingerprint density at radius 3 is 2.25 bits per heavy atom. The third-order valence-corrected chi connectivity index (χ3v) is 4.16. The van der Waals surface area contributed by atoms with E-state index < -0.39 is 15.9 Å². The van der Waals surface area contributed by atoms with Crippen molar-refractivity contribution in [2.45, 2.75) is 25.3 Å². The lowest BCUT2D eigenvalue weighted by Crippen LogP contribution is -2.07. The second kappa shape index (κ2) is 5.73. The molecule has 0 aliphatic heterocycles. The van der Waals surface area contributed by atoms with Crippen LogP contribution in [0.3, 0.4) is 0 Å². The number of benzene rings is 2. The predicted octanol–water partition coefficient (Wildman–Crippen LogP) is 3.35. The molecule has 0 atom stereocenters. The van der Waals surface area contributed by atoms with Crippen LogP contribution in [0.15, 0.2) is 47.4 Å². The van der Waals surface area contributed by atoms with Crippen LogP contribution in [0.5, 0.6) is 0 Å². The first kappa shape index (κ1) is 14.7. The van der Waals surface area contributed by atoms with Crippen LogP contribution >= 0.6 is 0 Å². The molecule has 2 aromatic carbocycles. The summed E-state index contributed by atoms with van der Waals surface area (Å²) in [6, 6.07) is 10.8. The number of halogens is 1. The summed E-state index contributed by atoms with van der Waals surface area (Å²) in [5, 5.41) is 0. The molecule has 106 valence electrons. The number of hydrogen-bond donors (Lipinski definition) is 0. The van der Waals surface area contributed by atoms with E-state index in [0.29, 0.717) is 0 Å². The van der Waals surface area contributed by atoms with Crippen molar-refractivity contribution in [2.24, 2.45) is 0 Å². The maximum Gasteiger partial charge on any atom is 0.297 e. The lowest BCUT2D eigenvalue weighted by molar-refractivity contribution is 0.302. The van der Waals surface area contributed by atoms with Gasteiger partial charge in [0, 0.05) is 5.56 Å². The molecule has 0 saturated carbocycles. The molecule has 0 saturated heterocycles. The van der Waals surface area contributed by atoms with Gasteiger partial charge in [0.2, 0.25) is 0 Å². The van der Waals surface area contributed by atoms with Crippen LogP contribution < -0.4 is 0 Å². The molecule has 0 aromatic heterocycles. The largest absolute Gasteiger partial charge is 0.297 e. The molecule has 0 bridgehead atoms. The Morgan fingerprint density at radius 2 is 1.60 bits per heavy atom. The minimum absolute atomic E-state index is 0.0659. The van der Waals surface area contributed by atoms with E-state index in [2.05, 4.69) is 0 Å². The molecule has 0 N–H and O–H groups in total. The fraction of sp³-hybridized carbons (Fsp3) is 0.200. The molecule has 5 heteroatoms. The molecule has 0 aliphatic carbocycles. The molecule has 3 nitrogen and oxygen atoms in total. The van der Waals surface area contributed by atoms with Gasteiger partial charge in [-0.05, 0) is 32.0 Å². The smallest absolute Gasteiger partial charge is 0.261 e. The molecular formula is C15H15FO3S. The molecule has 0 spiro atoms. The van der Waals surface area contributed by atoms with Crippen LogP contribution in [0.25, 0.3) is 0 Å². The second-order valence-corrected chi connectivity index (χ2v) is 6.24. The van der Waals surface area contributed by atoms with Gasteiger partial charge in [-0.15, -0.1) is 0 Å². The molecule has 0 fully saturated rings. The van der Waals surface area contributed by atoms with Crippen molar-refractivity contribution in [1.82, 2.24) is 0 Å². The summed E-state index contributed by atoms with van der Waals surface area (Å²) in [6.07, 6.45) is 0. The lowest BCUT2D eigenvalue weighted by atomic mass is 10.1. The van der Waals surface area contributed by atoms with E-state index in [1.165, 1.54) is 18.2 Å². The standard InChI is InChI=1S/C15H15FO3S/c1-11-3-6-14(7-4-11)20(17,18)19-10-13-9-12(2)5-8-15(13)16/h3-9H,10H2,1-2H3. The quantitative estimate of drug-likeness (QED) is 0.812. The summed E-state index contributed by atoms with van der Waals surface area (Å²) in [7, 11) is -3.87. The first-order valence-corrected chi connectivity index (χ1v) is 7.50. The first-order chi connectivity index (χ1) is 9.38. The van der Waals surface area contributed by atoms with Crippen molar-refractivity contribution >= 4 is 10.1 Å². The van der Waals surface area contributed by atoms with Crippen molar-refractivity contribution in [2.75, 3.05) is 0 Å². The highest BCUT2D eigenvalue weighted by atomic mass is 32.2. The minimum atomic E-state index is -3.87. The molecule has 0 aliphatic rings. The van der Waals surface area contributed by atoms with Crippen LogP contribution in [0.4, 0.5) is 4.39 Å². The highest BCUT2D eigenvalue weighted by molar-refractivity contribution is 7.86. The van der Waals surface area contributed by atoms with Gasteiger partial charge in [0.1, 0.15) is 5.82 Å². The van der Waals surface area contributed by atoms with Gasteiger partial charge in [0.05, 0.1) is 11.5 Å². The van der Waals surface area contributed by atoms with Crippen molar-refractivity contribution in [3.63, 3.8) is 0 Å². The maximum atomic E-state index is 13.5. The van der Waals surface area contributed by atoms with Crippen LogP contribution in [-0.4, -0.2) is 8.42 Å². The zero-order valence-electron chi connectivity index (χ0n) is 11.3. The molecule has 0 radical (unpaired) electrons. The number of aryl methyl sites for hydroxylation is 2. The third-order valence-electron chi connectivity index (χ3n) is 2.88. The van der Waals surface area contributed by atoms with Crippen molar-refractivity contribution in [1.29, 1.82) is 0 Å². The molecule has 0 heterocycles. The predicted molar refractivity (Wildman–Crippen MR) is 74.3 cm³/mol. The molecular weight excluding hydrogens is 279 g/mol. The van der Waals surface area contributed by atoms with E-state index in [1.54, 1.807) is 31.2 Å². The summed E-state index contributed by atoms with van der Waals surface area (Å²) >= 11 is 0. The SMILES string of the molecule is Cc1ccc(S(=O)(=O)OCc2cc(C)ccc2F)cc1. The van der Waals surface area contributed by atoms with Crippen molar-refractivity contribution in [3.8, 4) is 0 Å². The van der Waals surface area contributed by atoms with Gasteiger partial charge < -0.3 is 0 Å². The highest BCUT2D eigenvalue weighted by Crippen LogP contribution is 2.17. The molecule has 0 unspecified atom stereocenters. The average Bonchev–Trinajstić information content (AvgIpc) is 2.40. The lowest BCUT2D eigenvalue weighted by Gasteiger charge is -2.07. The Morgan fingerprint density at radius 1 is 1.00 bits per heavy atom. The monoisotopic (exact) mass is 294 g/mol. The Kier molecular flexibility index (Phi) is 4.20. The first-order valence-electron chi connectivity index (χ1n) is 6.09. The Hall–Kier alpha value is -1.72. The van der Waals surface area contributed by atoms with Gasteiger partial charge in [-0.2, -0.15) is 8.42 Å². The van der Waals surface area contributed by atoms with Crippen LogP contribution in [0, 0.1) is 19.7 Å². The van der Waals surface area contributed by atoms with Crippen LogP contribution in [0.2, 0.25) is 0 Å². The fourth-order valence-corrected chi connectivity index (χ4v) is 2.62. The summed E-state index contributed by atoms with van der Waals surface area (Å²) in [4.78, 5) is 0.0659. The van der Waals surface area contributed by atoms with Gasteiger partial charge >= 0.3 is 0 Å². The van der Waals surface area contributed by atoms with Gasteiger partial charge in [-0.25, -0.2) is 4.39 Å². The average molecular weight is 294 g/mol. The topological polar surface area (TPSA) is 43.4 Å². The summed E-state index contributed by atoms with van der Waals surface area (Å²) < 4.78 is 42.4. The van der Waals surface area contributed by atoms with E-state index in [1.807, 2.05) is 6.92 Å². The van der Waals surface area contributed by atoms with E-state index in [0.717, 1.165) is 11.1 Å². The molecule has 2 rings (SSSR count). The summed E-state index contributed by atoms with van der Waals surface area (Å²) in [5.74, 6) is -0.477. The fourth-order valence-electron chi connectivity index (χ4n) is 1.73.